The van der Waals surface area contributed by atoms with E-state index >= 15 is 0 Å². The Labute approximate surface area is 256 Å². The van der Waals surface area contributed by atoms with Crippen LogP contribution in [0, 0.1) is 12.1 Å². The van der Waals surface area contributed by atoms with Crippen LogP contribution in [-0.4, -0.2) is 10.2 Å². The monoisotopic (exact) mass is 428 g/mol. The van der Waals surface area contributed by atoms with Gasteiger partial charge in [0, 0.05) is 11.5 Å². The first-order valence-electron chi connectivity index (χ1n) is 8.74. The van der Waals surface area contributed by atoms with Gasteiger partial charge < -0.3 is 10.2 Å². The van der Waals surface area contributed by atoms with Gasteiger partial charge in [-0.05, 0) is 5.41 Å². The van der Waals surface area contributed by atoms with E-state index in [9.17, 15) is 10.2 Å². The third-order valence-electron chi connectivity index (χ3n) is 4.87. The molecule has 0 amide bonds. The van der Waals surface area contributed by atoms with Crippen LogP contribution < -0.4 is 103 Å². The van der Waals surface area contributed by atoms with Gasteiger partial charge in [0.15, 0.2) is 0 Å². The molecule has 4 aromatic rings. The summed E-state index contributed by atoms with van der Waals surface area (Å²) in [4.78, 5) is 0. The number of rotatable bonds is 4. The molecular formula is C25H18K2O2. The van der Waals surface area contributed by atoms with Gasteiger partial charge in [-0.1, -0.05) is 71.8 Å². The number of phenols is 2. The van der Waals surface area contributed by atoms with Crippen LogP contribution in [-0.2, 0) is 5.41 Å². The zero-order chi connectivity index (χ0) is 18.7. The molecule has 0 saturated heterocycles. The van der Waals surface area contributed by atoms with E-state index in [-0.39, 0.29) is 114 Å². The van der Waals surface area contributed by atoms with Crippen molar-refractivity contribution in [3.8, 4) is 11.5 Å². The average molecular weight is 429 g/mol. The van der Waals surface area contributed by atoms with Gasteiger partial charge in [-0.3, -0.25) is 0 Å². The van der Waals surface area contributed by atoms with Crippen molar-refractivity contribution in [1.29, 1.82) is 0 Å². The molecule has 0 spiro atoms. The molecule has 2 nitrogen and oxygen atoms in total. The predicted octanol–water partition coefficient (Wildman–Crippen LogP) is -0.911. The Bertz CT molecular complexity index is 929. The summed E-state index contributed by atoms with van der Waals surface area (Å²) in [5.41, 5.74) is 3.47. The SMILES string of the molecule is Oc1[c-]cc(C(c2c[c-]c(O)cc2)(c2ccccc2)c2ccccc2)cc1.[K+].[K+]. The maximum atomic E-state index is 9.78. The molecule has 2 N–H and O–H groups in total. The molecule has 0 aliphatic heterocycles. The Morgan fingerprint density at radius 3 is 1.17 bits per heavy atom. The largest absolute Gasteiger partial charge is 1.00 e. The van der Waals surface area contributed by atoms with Gasteiger partial charge in [-0.2, -0.15) is 24.3 Å². The molecule has 4 heteroatoms. The molecule has 0 fully saturated rings. The second-order valence-electron chi connectivity index (χ2n) is 6.41. The summed E-state index contributed by atoms with van der Waals surface area (Å²) in [5, 5.41) is 19.6. The van der Waals surface area contributed by atoms with Gasteiger partial charge in [0.25, 0.3) is 0 Å². The zero-order valence-corrected chi connectivity index (χ0v) is 22.9. The number of phenolic OH excluding ortho intramolecular Hbond substituents is 2. The van der Waals surface area contributed by atoms with E-state index in [0.717, 1.165) is 22.3 Å². The summed E-state index contributed by atoms with van der Waals surface area (Å²) in [7, 11) is 0. The Kier molecular flexibility index (Phi) is 9.83. The van der Waals surface area contributed by atoms with Crippen molar-refractivity contribution in [3.63, 3.8) is 0 Å². The third kappa shape index (κ3) is 5.16. The summed E-state index contributed by atoms with van der Waals surface area (Å²) in [6, 6.07) is 37.0. The van der Waals surface area contributed by atoms with Crippen LogP contribution >= 0.6 is 0 Å². The second kappa shape index (κ2) is 11.4. The van der Waals surface area contributed by atoms with Gasteiger partial charge in [0.05, 0.1) is 0 Å². The Hall–Kier alpha value is -0.247. The second-order valence-corrected chi connectivity index (χ2v) is 6.41. The minimum atomic E-state index is -0.628. The van der Waals surface area contributed by atoms with Gasteiger partial charge in [-0.15, -0.1) is 35.4 Å². The van der Waals surface area contributed by atoms with E-state index in [1.54, 1.807) is 12.1 Å². The van der Waals surface area contributed by atoms with Gasteiger partial charge in [0.1, 0.15) is 0 Å². The maximum absolute atomic E-state index is 9.78. The quantitative estimate of drug-likeness (QED) is 0.251. The zero-order valence-electron chi connectivity index (χ0n) is 16.6. The molecule has 0 heterocycles. The molecular weight excluding hydrogens is 410 g/mol. The van der Waals surface area contributed by atoms with Crippen LogP contribution in [0.3, 0.4) is 0 Å². The molecule has 0 unspecified atom stereocenters. The molecule has 0 aromatic heterocycles. The Morgan fingerprint density at radius 1 is 0.483 bits per heavy atom. The topological polar surface area (TPSA) is 40.5 Å². The summed E-state index contributed by atoms with van der Waals surface area (Å²) in [6.07, 6.45) is 0. The first kappa shape index (κ1) is 25.0. The molecule has 132 valence electrons. The van der Waals surface area contributed by atoms with Crippen molar-refractivity contribution in [3.05, 3.63) is 131 Å². The first-order valence-corrected chi connectivity index (χ1v) is 8.74. The summed E-state index contributed by atoms with van der Waals surface area (Å²) < 4.78 is 0. The van der Waals surface area contributed by atoms with E-state index in [1.165, 1.54) is 0 Å². The Morgan fingerprint density at radius 2 is 0.862 bits per heavy atom. The standard InChI is InChI=1S/C25H18O2.2K/c26-23-15-11-21(12-16-23)25(19-7-3-1-4-8-19,20-9-5-2-6-10-20)22-13-17-24(27)18-14-22;;/h1-15,17,26-27H;;/q-2;2*+1. The average Bonchev–Trinajstić information content (AvgIpc) is 2.73. The van der Waals surface area contributed by atoms with Crippen LogP contribution in [0.4, 0.5) is 0 Å². The fourth-order valence-electron chi connectivity index (χ4n) is 3.68. The van der Waals surface area contributed by atoms with E-state index in [4.69, 9.17) is 0 Å². The minimum absolute atomic E-state index is 0. The molecule has 29 heavy (non-hydrogen) atoms. The number of hydrogen-bond acceptors (Lipinski definition) is 2. The van der Waals surface area contributed by atoms with Crippen LogP contribution in [0.5, 0.6) is 11.5 Å². The molecule has 0 radical (unpaired) electrons. The smallest absolute Gasteiger partial charge is 0.534 e. The van der Waals surface area contributed by atoms with Gasteiger partial charge in [-0.25, -0.2) is 0 Å². The fraction of sp³-hybridized carbons (Fsp3) is 0.0400. The number of aromatic hydroxyl groups is 2. The maximum Gasteiger partial charge on any atom is 1.00 e. The number of hydrogen-bond donors (Lipinski definition) is 2. The summed E-state index contributed by atoms with van der Waals surface area (Å²) >= 11 is 0. The van der Waals surface area contributed by atoms with Crippen LogP contribution in [0.2, 0.25) is 0 Å². The minimum Gasteiger partial charge on any atom is -0.534 e. The van der Waals surface area contributed by atoms with Crippen molar-refractivity contribution in [2.75, 3.05) is 0 Å². The Balaban J connectivity index is 0.00000150. The van der Waals surface area contributed by atoms with E-state index in [1.807, 2.05) is 60.7 Å². The summed E-state index contributed by atoms with van der Waals surface area (Å²) in [6.45, 7) is 0. The third-order valence-corrected chi connectivity index (χ3v) is 4.87. The molecule has 0 atom stereocenters. The molecule has 0 aliphatic carbocycles. The molecule has 0 bridgehead atoms. The fourth-order valence-corrected chi connectivity index (χ4v) is 3.68. The van der Waals surface area contributed by atoms with E-state index in [2.05, 4.69) is 36.4 Å². The van der Waals surface area contributed by atoms with Gasteiger partial charge in [0.2, 0.25) is 0 Å². The molecule has 0 saturated carbocycles. The molecule has 4 rings (SSSR count). The van der Waals surface area contributed by atoms with Crippen molar-refractivity contribution >= 4 is 0 Å². The first-order chi connectivity index (χ1) is 13.2. The van der Waals surface area contributed by atoms with Crippen molar-refractivity contribution in [2.45, 2.75) is 5.41 Å². The van der Waals surface area contributed by atoms with Crippen molar-refractivity contribution < 1.29 is 113 Å². The predicted molar refractivity (Wildman–Crippen MR) is 106 cm³/mol. The van der Waals surface area contributed by atoms with Gasteiger partial charge >= 0.3 is 103 Å². The number of benzene rings is 4. The van der Waals surface area contributed by atoms with E-state index in [0.29, 0.717) is 0 Å². The summed E-state index contributed by atoms with van der Waals surface area (Å²) in [5.74, 6) is 0.206. The van der Waals surface area contributed by atoms with Crippen molar-refractivity contribution in [1.82, 2.24) is 0 Å². The molecule has 4 aromatic carbocycles. The normalized spacial score (nSPS) is 10.5. The van der Waals surface area contributed by atoms with Crippen LogP contribution in [0.25, 0.3) is 0 Å². The van der Waals surface area contributed by atoms with Crippen molar-refractivity contribution in [2.24, 2.45) is 0 Å². The van der Waals surface area contributed by atoms with Crippen LogP contribution in [0.1, 0.15) is 22.3 Å². The molecule has 0 aliphatic rings. The van der Waals surface area contributed by atoms with Crippen LogP contribution in [0.15, 0.2) is 97.1 Å². The van der Waals surface area contributed by atoms with E-state index < -0.39 is 5.41 Å².